The Balaban J connectivity index is 1.26. The van der Waals surface area contributed by atoms with Gasteiger partial charge in [-0.1, -0.05) is 72.8 Å². The maximum Gasteiger partial charge on any atom is 0.165 e. The van der Waals surface area contributed by atoms with Crippen molar-refractivity contribution in [3.8, 4) is 11.1 Å². The van der Waals surface area contributed by atoms with E-state index in [1.54, 1.807) is 0 Å². The summed E-state index contributed by atoms with van der Waals surface area (Å²) >= 11 is 0. The van der Waals surface area contributed by atoms with Crippen LogP contribution in [-0.4, -0.2) is 14.4 Å². The zero-order valence-electron chi connectivity index (χ0n) is 21.2. The normalized spacial score (nSPS) is 12.5. The molecule has 10 aromatic rings. The summed E-state index contributed by atoms with van der Waals surface area (Å²) < 4.78 is 8.80. The quantitative estimate of drug-likeness (QED) is 0.221. The second kappa shape index (κ2) is 7.13. The molecule has 184 valence electrons. The molecule has 10 rings (SSSR count). The molecular weight excluding hydrogens is 490 g/mol. The number of nitrogens with zero attached hydrogens (tertiary/aromatic N) is 3. The van der Waals surface area contributed by atoms with Crippen LogP contribution in [0.4, 0.5) is 0 Å². The number of hydrogen-bond acceptors (Lipinski definition) is 3. The number of furan rings is 1. The molecule has 6 aromatic carbocycles. The Morgan fingerprint density at radius 2 is 1.25 bits per heavy atom. The van der Waals surface area contributed by atoms with E-state index in [1.807, 2.05) is 24.3 Å². The Kier molecular flexibility index (Phi) is 3.65. The highest BCUT2D eigenvalue weighted by molar-refractivity contribution is 6.25. The van der Waals surface area contributed by atoms with Crippen LogP contribution < -0.4 is 0 Å². The monoisotopic (exact) mass is 509 g/mol. The maximum absolute atomic E-state index is 6.53. The second-order valence-corrected chi connectivity index (χ2v) is 10.7. The molecule has 0 aliphatic heterocycles. The minimum atomic E-state index is 0.876. The second-order valence-electron chi connectivity index (χ2n) is 10.7. The van der Waals surface area contributed by atoms with Gasteiger partial charge in [-0.2, -0.15) is 0 Å². The maximum atomic E-state index is 6.53. The van der Waals surface area contributed by atoms with Gasteiger partial charge in [0, 0.05) is 33.0 Å². The lowest BCUT2D eigenvalue weighted by Gasteiger charge is -2.04. The van der Waals surface area contributed by atoms with E-state index in [1.165, 1.54) is 32.6 Å². The molecule has 0 unspecified atom stereocenters. The predicted octanol–water partition coefficient (Wildman–Crippen LogP) is 9.50. The van der Waals surface area contributed by atoms with Gasteiger partial charge in [0.2, 0.25) is 0 Å². The van der Waals surface area contributed by atoms with E-state index in [0.717, 1.165) is 60.6 Å². The fraction of sp³-hybridized carbons (Fsp3) is 0. The molecule has 0 N–H and O–H groups in total. The summed E-state index contributed by atoms with van der Waals surface area (Å²) in [7, 11) is 0. The first-order valence-electron chi connectivity index (χ1n) is 13.5. The lowest BCUT2D eigenvalue weighted by Crippen LogP contribution is -1.88. The lowest BCUT2D eigenvalue weighted by molar-refractivity contribution is 0.669. The molecule has 4 nitrogen and oxygen atoms in total. The molecule has 0 spiro atoms. The zero-order chi connectivity index (χ0) is 25.9. The topological polar surface area (TPSA) is 43.3 Å². The zero-order valence-corrected chi connectivity index (χ0v) is 21.2. The standard InChI is InChI=1S/C36H19N3O/c1-2-7-21-16-22(13-12-20(21)6-1)23-14-15-24-28-18-27-25-8-5-9-26-34-36(38-30-11-4-3-10-29(30)37-34)39(35(25)26)31(27)19-33(28)40-32(24)17-23/h1-19H. The highest BCUT2D eigenvalue weighted by atomic mass is 16.3. The molecule has 0 bridgehead atoms. The highest BCUT2D eigenvalue weighted by Crippen LogP contribution is 2.42. The van der Waals surface area contributed by atoms with Crippen molar-refractivity contribution in [1.82, 2.24) is 14.4 Å². The molecule has 0 saturated carbocycles. The van der Waals surface area contributed by atoms with Crippen LogP contribution in [0.1, 0.15) is 0 Å². The van der Waals surface area contributed by atoms with Crippen LogP contribution in [0.3, 0.4) is 0 Å². The lowest BCUT2D eigenvalue weighted by atomic mass is 10.00. The van der Waals surface area contributed by atoms with Crippen molar-refractivity contribution in [1.29, 1.82) is 0 Å². The molecule has 0 aliphatic carbocycles. The average molecular weight is 510 g/mol. The Bertz CT molecular complexity index is 2660. The van der Waals surface area contributed by atoms with Crippen LogP contribution >= 0.6 is 0 Å². The average Bonchev–Trinajstić information content (AvgIpc) is 3.64. The summed E-state index contributed by atoms with van der Waals surface area (Å²) in [6.07, 6.45) is 0. The van der Waals surface area contributed by atoms with Crippen LogP contribution in [-0.2, 0) is 0 Å². The molecule has 4 heterocycles. The van der Waals surface area contributed by atoms with Gasteiger partial charge in [0.15, 0.2) is 5.65 Å². The smallest absolute Gasteiger partial charge is 0.165 e. The third kappa shape index (κ3) is 2.55. The van der Waals surface area contributed by atoms with Gasteiger partial charge in [0.1, 0.15) is 16.7 Å². The number of para-hydroxylation sites is 3. The van der Waals surface area contributed by atoms with E-state index in [4.69, 9.17) is 14.4 Å². The van der Waals surface area contributed by atoms with Gasteiger partial charge in [-0.25, -0.2) is 9.97 Å². The van der Waals surface area contributed by atoms with Gasteiger partial charge in [-0.3, -0.25) is 4.40 Å². The summed E-state index contributed by atoms with van der Waals surface area (Å²) in [5.41, 5.74) is 9.99. The van der Waals surface area contributed by atoms with Crippen LogP contribution in [0, 0.1) is 0 Å². The van der Waals surface area contributed by atoms with Crippen LogP contribution in [0.2, 0.25) is 0 Å². The van der Waals surface area contributed by atoms with Crippen LogP contribution in [0.5, 0.6) is 0 Å². The summed E-state index contributed by atoms with van der Waals surface area (Å²) in [5.74, 6) is 0. The summed E-state index contributed by atoms with van der Waals surface area (Å²) in [5, 5.41) is 8.27. The van der Waals surface area contributed by atoms with E-state index >= 15 is 0 Å². The third-order valence-corrected chi connectivity index (χ3v) is 8.48. The molecule has 0 amide bonds. The minimum Gasteiger partial charge on any atom is -0.456 e. The van der Waals surface area contributed by atoms with Gasteiger partial charge in [-0.15, -0.1) is 0 Å². The first-order valence-corrected chi connectivity index (χ1v) is 13.5. The third-order valence-electron chi connectivity index (χ3n) is 8.48. The van der Waals surface area contributed by atoms with Crippen molar-refractivity contribution in [2.75, 3.05) is 0 Å². The summed E-state index contributed by atoms with van der Waals surface area (Å²) in [6, 6.07) is 40.7. The number of fused-ring (bicyclic) bond motifs is 11. The van der Waals surface area contributed by atoms with E-state index in [-0.39, 0.29) is 0 Å². The Hall–Kier alpha value is -5.48. The largest absolute Gasteiger partial charge is 0.456 e. The van der Waals surface area contributed by atoms with E-state index in [0.29, 0.717) is 0 Å². The van der Waals surface area contributed by atoms with Crippen molar-refractivity contribution in [2.24, 2.45) is 0 Å². The first kappa shape index (κ1) is 20.5. The fourth-order valence-electron chi connectivity index (χ4n) is 6.62. The predicted molar refractivity (Wildman–Crippen MR) is 164 cm³/mol. The molecule has 0 fully saturated rings. The SMILES string of the molecule is c1ccc2cc(-c3ccc4c(c3)oc3cc5c(cc34)c3cccc4c6nc7ccccc7nc6n5c34)ccc2c1. The number of rotatable bonds is 1. The summed E-state index contributed by atoms with van der Waals surface area (Å²) in [4.78, 5) is 10.1. The number of hydrogen-bond donors (Lipinski definition) is 0. The molecule has 0 saturated heterocycles. The number of aromatic nitrogens is 3. The van der Waals surface area contributed by atoms with E-state index in [2.05, 4.69) is 95.4 Å². The fourth-order valence-corrected chi connectivity index (χ4v) is 6.62. The van der Waals surface area contributed by atoms with Crippen molar-refractivity contribution in [3.63, 3.8) is 0 Å². The minimum absolute atomic E-state index is 0.876. The molecule has 4 aromatic heterocycles. The molecule has 0 atom stereocenters. The van der Waals surface area contributed by atoms with Gasteiger partial charge in [0.05, 0.1) is 22.1 Å². The van der Waals surface area contributed by atoms with E-state index < -0.39 is 0 Å². The van der Waals surface area contributed by atoms with Gasteiger partial charge < -0.3 is 4.42 Å². The van der Waals surface area contributed by atoms with Crippen molar-refractivity contribution < 1.29 is 4.42 Å². The van der Waals surface area contributed by atoms with Crippen molar-refractivity contribution in [3.05, 3.63) is 115 Å². The Morgan fingerprint density at radius 1 is 0.500 bits per heavy atom. The highest BCUT2D eigenvalue weighted by Gasteiger charge is 2.21. The van der Waals surface area contributed by atoms with Crippen LogP contribution in [0.15, 0.2) is 120 Å². The molecule has 40 heavy (non-hydrogen) atoms. The summed E-state index contributed by atoms with van der Waals surface area (Å²) in [6.45, 7) is 0. The first-order chi connectivity index (χ1) is 19.8. The Labute approximate surface area is 227 Å². The van der Waals surface area contributed by atoms with Gasteiger partial charge in [0.25, 0.3) is 0 Å². The molecule has 0 aliphatic rings. The van der Waals surface area contributed by atoms with Crippen molar-refractivity contribution >= 4 is 82.1 Å². The van der Waals surface area contributed by atoms with Gasteiger partial charge >= 0.3 is 0 Å². The molecular formula is C36H19N3O. The van der Waals surface area contributed by atoms with Crippen LogP contribution in [0.25, 0.3) is 93.2 Å². The molecule has 0 radical (unpaired) electrons. The molecule has 4 heteroatoms. The Morgan fingerprint density at radius 3 is 2.17 bits per heavy atom. The van der Waals surface area contributed by atoms with Crippen molar-refractivity contribution in [2.45, 2.75) is 0 Å². The number of benzene rings is 6. The van der Waals surface area contributed by atoms with Gasteiger partial charge in [-0.05, 0) is 58.3 Å². The van der Waals surface area contributed by atoms with E-state index in [9.17, 15) is 0 Å².